The zero-order valence-electron chi connectivity index (χ0n) is 16.0. The maximum absolute atomic E-state index is 11.4. The van der Waals surface area contributed by atoms with Crippen LogP contribution in [0.25, 0.3) is 0 Å². The largest absolute Gasteiger partial charge is 0.494 e. The van der Waals surface area contributed by atoms with Gasteiger partial charge in [0.15, 0.2) is 0 Å². The van der Waals surface area contributed by atoms with Crippen molar-refractivity contribution in [2.75, 3.05) is 49.5 Å². The van der Waals surface area contributed by atoms with Gasteiger partial charge in [0.05, 0.1) is 6.61 Å². The van der Waals surface area contributed by atoms with Gasteiger partial charge in [-0.1, -0.05) is 17.7 Å². The Kier molecular flexibility index (Phi) is 6.03. The fourth-order valence-electron chi connectivity index (χ4n) is 3.83. The van der Waals surface area contributed by atoms with E-state index >= 15 is 0 Å². The SMILES string of the molecule is O=C1CCc2cc(OCCCN3CCN(c4cccc(Cl)c4)CC3)ccc2N1. The summed E-state index contributed by atoms with van der Waals surface area (Å²) in [6, 6.07) is 14.0. The Morgan fingerprint density at radius 3 is 2.71 bits per heavy atom. The number of carbonyl (C=O) groups excluding carboxylic acids is 1. The molecule has 2 aromatic carbocycles. The number of anilines is 2. The van der Waals surface area contributed by atoms with Crippen LogP contribution in [0.2, 0.25) is 5.02 Å². The summed E-state index contributed by atoms with van der Waals surface area (Å²) >= 11 is 6.10. The first-order valence-electron chi connectivity index (χ1n) is 9.96. The van der Waals surface area contributed by atoms with Crippen molar-refractivity contribution < 1.29 is 9.53 Å². The molecule has 1 saturated heterocycles. The van der Waals surface area contributed by atoms with E-state index in [0.717, 1.165) is 67.6 Å². The van der Waals surface area contributed by atoms with Gasteiger partial charge < -0.3 is 15.0 Å². The molecule has 2 aromatic rings. The zero-order chi connectivity index (χ0) is 19.3. The topological polar surface area (TPSA) is 44.8 Å². The molecule has 2 aliphatic heterocycles. The number of halogens is 1. The van der Waals surface area contributed by atoms with Crippen LogP contribution in [0, 0.1) is 0 Å². The molecule has 0 spiro atoms. The highest BCUT2D eigenvalue weighted by Gasteiger charge is 2.17. The van der Waals surface area contributed by atoms with Gasteiger partial charge >= 0.3 is 0 Å². The van der Waals surface area contributed by atoms with Crippen molar-refractivity contribution in [1.29, 1.82) is 0 Å². The van der Waals surface area contributed by atoms with Crippen LogP contribution in [0.4, 0.5) is 11.4 Å². The number of piperazine rings is 1. The smallest absolute Gasteiger partial charge is 0.224 e. The molecule has 1 amide bonds. The molecule has 2 aliphatic rings. The van der Waals surface area contributed by atoms with E-state index in [0.29, 0.717) is 13.0 Å². The molecule has 0 radical (unpaired) electrons. The Morgan fingerprint density at radius 2 is 1.89 bits per heavy atom. The lowest BCUT2D eigenvalue weighted by molar-refractivity contribution is -0.116. The first kappa shape index (κ1) is 19.1. The average Bonchev–Trinajstić information content (AvgIpc) is 2.72. The minimum atomic E-state index is 0.0941. The fraction of sp³-hybridized carbons (Fsp3) is 0.409. The van der Waals surface area contributed by atoms with E-state index in [4.69, 9.17) is 16.3 Å². The second-order valence-electron chi connectivity index (χ2n) is 7.38. The average molecular weight is 400 g/mol. The third-order valence-corrected chi connectivity index (χ3v) is 5.64. The van der Waals surface area contributed by atoms with Gasteiger partial charge in [0.2, 0.25) is 5.91 Å². The molecule has 1 fully saturated rings. The van der Waals surface area contributed by atoms with Crippen LogP contribution in [-0.2, 0) is 11.2 Å². The molecule has 0 unspecified atom stereocenters. The molecule has 1 N–H and O–H groups in total. The van der Waals surface area contributed by atoms with Gasteiger partial charge in [0.1, 0.15) is 5.75 Å². The first-order valence-corrected chi connectivity index (χ1v) is 10.3. The zero-order valence-corrected chi connectivity index (χ0v) is 16.8. The van der Waals surface area contributed by atoms with Gasteiger partial charge in [-0.25, -0.2) is 0 Å². The summed E-state index contributed by atoms with van der Waals surface area (Å²) in [5.74, 6) is 0.984. The minimum absolute atomic E-state index is 0.0941. The summed E-state index contributed by atoms with van der Waals surface area (Å²) in [7, 11) is 0. The van der Waals surface area contributed by atoms with Crippen LogP contribution >= 0.6 is 11.6 Å². The Bertz CT molecular complexity index is 834. The van der Waals surface area contributed by atoms with Crippen LogP contribution < -0.4 is 15.0 Å². The summed E-state index contributed by atoms with van der Waals surface area (Å²) in [6.45, 7) is 5.93. The van der Waals surface area contributed by atoms with E-state index in [1.807, 2.05) is 30.3 Å². The number of benzene rings is 2. The monoisotopic (exact) mass is 399 g/mol. The molecule has 0 bridgehead atoms. The first-order chi connectivity index (χ1) is 13.7. The van der Waals surface area contributed by atoms with Gasteiger partial charge in [0, 0.05) is 55.5 Å². The Morgan fingerprint density at radius 1 is 1.04 bits per heavy atom. The van der Waals surface area contributed by atoms with E-state index in [1.165, 1.54) is 5.69 Å². The van der Waals surface area contributed by atoms with Gasteiger partial charge in [-0.3, -0.25) is 9.69 Å². The van der Waals surface area contributed by atoms with Gasteiger partial charge in [-0.15, -0.1) is 0 Å². The molecule has 5 nitrogen and oxygen atoms in total. The van der Waals surface area contributed by atoms with Crippen molar-refractivity contribution >= 4 is 28.9 Å². The Hall–Kier alpha value is -2.24. The molecule has 28 heavy (non-hydrogen) atoms. The summed E-state index contributed by atoms with van der Waals surface area (Å²) in [5, 5.41) is 3.70. The van der Waals surface area contributed by atoms with Crippen molar-refractivity contribution in [2.45, 2.75) is 19.3 Å². The summed E-state index contributed by atoms with van der Waals surface area (Å²) in [5.41, 5.74) is 3.29. The number of fused-ring (bicyclic) bond motifs is 1. The third kappa shape index (κ3) is 4.78. The van der Waals surface area contributed by atoms with E-state index in [9.17, 15) is 4.79 Å². The number of amides is 1. The van der Waals surface area contributed by atoms with Crippen LogP contribution in [-0.4, -0.2) is 50.1 Å². The lowest BCUT2D eigenvalue weighted by Gasteiger charge is -2.36. The number of carbonyl (C=O) groups is 1. The van der Waals surface area contributed by atoms with Crippen molar-refractivity contribution in [1.82, 2.24) is 4.90 Å². The van der Waals surface area contributed by atoms with Gasteiger partial charge in [-0.05, 0) is 54.8 Å². The minimum Gasteiger partial charge on any atom is -0.494 e. The molecular weight excluding hydrogens is 374 g/mol. The highest BCUT2D eigenvalue weighted by atomic mass is 35.5. The van der Waals surface area contributed by atoms with E-state index in [1.54, 1.807) is 0 Å². The molecule has 0 aromatic heterocycles. The number of aryl methyl sites for hydroxylation is 1. The maximum atomic E-state index is 11.4. The highest BCUT2D eigenvalue weighted by Crippen LogP contribution is 2.27. The Balaban J connectivity index is 1.18. The van der Waals surface area contributed by atoms with Crippen LogP contribution in [0.15, 0.2) is 42.5 Å². The quantitative estimate of drug-likeness (QED) is 0.750. The Labute approximate surface area is 171 Å². The summed E-state index contributed by atoms with van der Waals surface area (Å²) in [4.78, 5) is 16.3. The fourth-order valence-corrected chi connectivity index (χ4v) is 4.01. The second kappa shape index (κ2) is 8.84. The maximum Gasteiger partial charge on any atom is 0.224 e. The summed E-state index contributed by atoms with van der Waals surface area (Å²) in [6.07, 6.45) is 2.35. The predicted octanol–water partition coefficient (Wildman–Crippen LogP) is 3.82. The molecule has 4 rings (SSSR count). The normalized spacial score (nSPS) is 17.2. The number of hydrogen-bond donors (Lipinski definition) is 1. The molecular formula is C22H26ClN3O2. The van der Waals surface area contributed by atoms with E-state index in [2.05, 4.69) is 27.2 Å². The van der Waals surface area contributed by atoms with Crippen molar-refractivity contribution in [3.8, 4) is 5.75 Å². The lowest BCUT2D eigenvalue weighted by Crippen LogP contribution is -2.46. The van der Waals surface area contributed by atoms with Crippen molar-refractivity contribution in [3.05, 3.63) is 53.1 Å². The van der Waals surface area contributed by atoms with E-state index in [-0.39, 0.29) is 5.91 Å². The molecule has 148 valence electrons. The number of ether oxygens (including phenoxy) is 1. The van der Waals surface area contributed by atoms with Crippen LogP contribution in [0.3, 0.4) is 0 Å². The molecule has 0 saturated carbocycles. The van der Waals surface area contributed by atoms with Crippen molar-refractivity contribution in [2.24, 2.45) is 0 Å². The molecule has 6 heteroatoms. The number of rotatable bonds is 6. The molecule has 0 atom stereocenters. The standard InChI is InChI=1S/C22H26ClN3O2/c23-18-3-1-4-19(16-18)26-12-10-25(11-13-26)9-2-14-28-20-6-7-21-17(15-20)5-8-22(27)24-21/h1,3-4,6-7,15-16H,2,5,8-14H2,(H,24,27). The van der Waals surface area contributed by atoms with Crippen molar-refractivity contribution in [3.63, 3.8) is 0 Å². The number of nitrogens with one attached hydrogen (secondary N) is 1. The second-order valence-corrected chi connectivity index (χ2v) is 7.81. The van der Waals surface area contributed by atoms with Gasteiger partial charge in [0.25, 0.3) is 0 Å². The molecule has 0 aliphatic carbocycles. The molecule has 2 heterocycles. The lowest BCUT2D eigenvalue weighted by atomic mass is 10.0. The van der Waals surface area contributed by atoms with E-state index < -0.39 is 0 Å². The number of nitrogens with zero attached hydrogens (tertiary/aromatic N) is 2. The highest BCUT2D eigenvalue weighted by molar-refractivity contribution is 6.30. The third-order valence-electron chi connectivity index (χ3n) is 5.41. The van der Waals surface area contributed by atoms with Gasteiger partial charge in [-0.2, -0.15) is 0 Å². The van der Waals surface area contributed by atoms with Crippen LogP contribution in [0.1, 0.15) is 18.4 Å². The van der Waals surface area contributed by atoms with Crippen LogP contribution in [0.5, 0.6) is 5.75 Å². The number of hydrogen-bond acceptors (Lipinski definition) is 4. The predicted molar refractivity (Wildman–Crippen MR) is 114 cm³/mol. The summed E-state index contributed by atoms with van der Waals surface area (Å²) < 4.78 is 5.93.